The van der Waals surface area contributed by atoms with Crippen molar-refractivity contribution in [1.82, 2.24) is 15.2 Å². The molecule has 1 aliphatic rings. The van der Waals surface area contributed by atoms with Gasteiger partial charge >= 0.3 is 0 Å². The van der Waals surface area contributed by atoms with Crippen LogP contribution >= 0.6 is 11.6 Å². The van der Waals surface area contributed by atoms with Gasteiger partial charge in [-0.1, -0.05) is 23.7 Å². The molecule has 0 unspecified atom stereocenters. The highest BCUT2D eigenvalue weighted by Crippen LogP contribution is 2.25. The average Bonchev–Trinajstić information content (AvgIpc) is 2.80. The summed E-state index contributed by atoms with van der Waals surface area (Å²) in [6, 6.07) is 9.97. The van der Waals surface area contributed by atoms with Gasteiger partial charge in [-0.3, -0.25) is 9.59 Å². The number of amides is 1. The Kier molecular flexibility index (Phi) is 7.30. The quantitative estimate of drug-likeness (QED) is 0.504. The first kappa shape index (κ1) is 23.3. The van der Waals surface area contributed by atoms with E-state index >= 15 is 0 Å². The SMILES string of the molecule is Cc1cc(Cl)ccc1OC1CCN(CCCNC(=O)c2c[nH]c(=O)c3c(F)cccc23)CC1. The summed E-state index contributed by atoms with van der Waals surface area (Å²) in [5.41, 5.74) is 0.761. The van der Waals surface area contributed by atoms with E-state index in [1.165, 1.54) is 18.3 Å². The summed E-state index contributed by atoms with van der Waals surface area (Å²) in [7, 11) is 0. The summed E-state index contributed by atoms with van der Waals surface area (Å²) in [5.74, 6) is -0.0791. The fraction of sp³-hybridized carbons (Fsp3) is 0.360. The zero-order valence-electron chi connectivity index (χ0n) is 18.5. The normalized spacial score (nSPS) is 15.0. The van der Waals surface area contributed by atoms with E-state index in [4.69, 9.17) is 16.3 Å². The molecule has 0 atom stereocenters. The molecule has 1 aromatic heterocycles. The average molecular weight is 472 g/mol. The highest BCUT2D eigenvalue weighted by Gasteiger charge is 2.21. The number of carbonyl (C=O) groups excluding carboxylic acids is 1. The number of aromatic amines is 1. The fourth-order valence-corrected chi connectivity index (χ4v) is 4.46. The number of hydrogen-bond donors (Lipinski definition) is 2. The number of rotatable bonds is 7. The maximum atomic E-state index is 14.0. The van der Waals surface area contributed by atoms with E-state index < -0.39 is 11.4 Å². The Hall–Kier alpha value is -2.90. The zero-order chi connectivity index (χ0) is 23.4. The minimum atomic E-state index is -0.637. The molecule has 6 nitrogen and oxygen atoms in total. The number of aromatic nitrogens is 1. The lowest BCUT2D eigenvalue weighted by Gasteiger charge is -2.32. The Labute approximate surface area is 196 Å². The lowest BCUT2D eigenvalue weighted by molar-refractivity contribution is 0.0935. The number of nitrogens with one attached hydrogen (secondary N) is 2. The van der Waals surface area contributed by atoms with Gasteiger partial charge in [-0.2, -0.15) is 0 Å². The van der Waals surface area contributed by atoms with Gasteiger partial charge in [0.25, 0.3) is 11.5 Å². The van der Waals surface area contributed by atoms with Crippen LogP contribution in [0.4, 0.5) is 4.39 Å². The van der Waals surface area contributed by atoms with Crippen LogP contribution in [0.25, 0.3) is 10.8 Å². The number of aryl methyl sites for hydroxylation is 1. The molecule has 8 heteroatoms. The predicted molar refractivity (Wildman–Crippen MR) is 128 cm³/mol. The molecule has 0 radical (unpaired) electrons. The largest absolute Gasteiger partial charge is 0.490 e. The first-order valence-corrected chi connectivity index (χ1v) is 11.5. The van der Waals surface area contributed by atoms with Gasteiger partial charge < -0.3 is 19.9 Å². The maximum Gasteiger partial charge on any atom is 0.258 e. The molecule has 2 heterocycles. The lowest BCUT2D eigenvalue weighted by atomic mass is 10.1. The topological polar surface area (TPSA) is 74.4 Å². The fourth-order valence-electron chi connectivity index (χ4n) is 4.23. The number of likely N-dealkylation sites (tertiary alicyclic amines) is 1. The van der Waals surface area contributed by atoms with E-state index in [1.54, 1.807) is 6.07 Å². The van der Waals surface area contributed by atoms with E-state index in [2.05, 4.69) is 15.2 Å². The van der Waals surface area contributed by atoms with Crippen molar-refractivity contribution in [3.05, 3.63) is 74.9 Å². The molecule has 33 heavy (non-hydrogen) atoms. The lowest BCUT2D eigenvalue weighted by Crippen LogP contribution is -2.39. The Morgan fingerprint density at radius 1 is 1.27 bits per heavy atom. The number of ether oxygens (including phenoxy) is 1. The Morgan fingerprint density at radius 3 is 2.82 bits per heavy atom. The van der Waals surface area contributed by atoms with Gasteiger partial charge in [0.2, 0.25) is 0 Å². The molecule has 1 amide bonds. The van der Waals surface area contributed by atoms with Crippen LogP contribution in [0.2, 0.25) is 5.02 Å². The smallest absolute Gasteiger partial charge is 0.258 e. The Bertz CT molecular complexity index is 1210. The first-order valence-electron chi connectivity index (χ1n) is 11.2. The monoisotopic (exact) mass is 471 g/mol. The second-order valence-corrected chi connectivity index (χ2v) is 8.81. The standard InChI is InChI=1S/C25H27ClFN3O3/c1-16-14-17(26)6-7-22(16)33-18-8-12-30(13-9-18)11-3-10-28-24(31)20-15-29-25(32)23-19(20)4-2-5-21(23)27/h2,4-7,14-15,18H,3,8-13H2,1H3,(H,28,31)(H,29,32). The van der Waals surface area contributed by atoms with Crippen molar-refractivity contribution >= 4 is 28.3 Å². The molecule has 2 N–H and O–H groups in total. The number of halogens is 2. The molecule has 2 aromatic carbocycles. The van der Waals surface area contributed by atoms with Gasteiger partial charge in [-0.05, 0) is 62.6 Å². The molecular weight excluding hydrogens is 445 g/mol. The molecule has 3 aromatic rings. The third-order valence-corrected chi connectivity index (χ3v) is 6.26. The summed E-state index contributed by atoms with van der Waals surface area (Å²) in [4.78, 5) is 29.3. The predicted octanol–water partition coefficient (Wildman–Crippen LogP) is 4.29. The zero-order valence-corrected chi connectivity index (χ0v) is 19.3. The molecule has 0 saturated carbocycles. The van der Waals surface area contributed by atoms with Crippen molar-refractivity contribution < 1.29 is 13.9 Å². The second kappa shape index (κ2) is 10.4. The number of nitrogens with zero attached hydrogens (tertiary/aromatic N) is 1. The molecule has 0 bridgehead atoms. The summed E-state index contributed by atoms with van der Waals surface area (Å²) in [6.07, 6.45) is 4.22. The van der Waals surface area contributed by atoms with E-state index in [-0.39, 0.29) is 23.0 Å². The van der Waals surface area contributed by atoms with Gasteiger partial charge in [0.1, 0.15) is 17.7 Å². The molecule has 0 aliphatic carbocycles. The van der Waals surface area contributed by atoms with Crippen molar-refractivity contribution in [2.24, 2.45) is 0 Å². The van der Waals surface area contributed by atoms with E-state index in [0.717, 1.165) is 50.2 Å². The first-order chi connectivity index (χ1) is 15.9. The van der Waals surface area contributed by atoms with Gasteiger partial charge in [-0.15, -0.1) is 0 Å². The third-order valence-electron chi connectivity index (χ3n) is 6.02. The Morgan fingerprint density at radius 2 is 2.06 bits per heavy atom. The third kappa shape index (κ3) is 5.54. The van der Waals surface area contributed by atoms with Gasteiger partial charge in [0.05, 0.1) is 10.9 Å². The molecule has 174 valence electrons. The van der Waals surface area contributed by atoms with Crippen molar-refractivity contribution in [3.8, 4) is 5.75 Å². The molecular formula is C25H27ClFN3O3. The van der Waals surface area contributed by atoms with Crippen LogP contribution in [0.5, 0.6) is 5.75 Å². The highest BCUT2D eigenvalue weighted by atomic mass is 35.5. The van der Waals surface area contributed by atoms with E-state index in [9.17, 15) is 14.0 Å². The van der Waals surface area contributed by atoms with Crippen LogP contribution in [0.1, 0.15) is 35.2 Å². The maximum absolute atomic E-state index is 14.0. The summed E-state index contributed by atoms with van der Waals surface area (Å²) >= 11 is 6.01. The highest BCUT2D eigenvalue weighted by molar-refractivity contribution is 6.30. The molecule has 1 saturated heterocycles. The van der Waals surface area contributed by atoms with Crippen LogP contribution in [0, 0.1) is 12.7 Å². The van der Waals surface area contributed by atoms with Crippen LogP contribution in [-0.2, 0) is 0 Å². The Balaban J connectivity index is 1.22. The van der Waals surface area contributed by atoms with Gasteiger partial charge in [0.15, 0.2) is 0 Å². The number of piperidine rings is 1. The van der Waals surface area contributed by atoms with Gasteiger partial charge in [-0.25, -0.2) is 4.39 Å². The van der Waals surface area contributed by atoms with E-state index in [1.807, 2.05) is 25.1 Å². The summed E-state index contributed by atoms with van der Waals surface area (Å²) in [5, 5.41) is 3.81. The molecule has 1 aliphatic heterocycles. The number of fused-ring (bicyclic) bond motifs is 1. The number of hydrogen-bond acceptors (Lipinski definition) is 4. The van der Waals surface area contributed by atoms with Crippen LogP contribution in [0.3, 0.4) is 0 Å². The van der Waals surface area contributed by atoms with Crippen molar-refractivity contribution in [1.29, 1.82) is 0 Å². The van der Waals surface area contributed by atoms with Crippen LogP contribution < -0.4 is 15.6 Å². The molecule has 1 fully saturated rings. The minimum absolute atomic E-state index is 0.0935. The van der Waals surface area contributed by atoms with Crippen LogP contribution in [-0.4, -0.2) is 48.1 Å². The number of pyridine rings is 1. The number of H-pyrrole nitrogens is 1. The van der Waals surface area contributed by atoms with Gasteiger partial charge in [0, 0.05) is 36.2 Å². The summed E-state index contributed by atoms with van der Waals surface area (Å²) in [6.45, 7) is 5.24. The molecule has 0 spiro atoms. The van der Waals surface area contributed by atoms with E-state index in [0.29, 0.717) is 17.0 Å². The van der Waals surface area contributed by atoms with Crippen LogP contribution in [0.15, 0.2) is 47.4 Å². The second-order valence-electron chi connectivity index (χ2n) is 8.37. The number of benzene rings is 2. The molecule has 4 rings (SSSR count). The van der Waals surface area contributed by atoms with Crippen molar-refractivity contribution in [2.45, 2.75) is 32.3 Å². The van der Waals surface area contributed by atoms with Crippen molar-refractivity contribution in [3.63, 3.8) is 0 Å². The van der Waals surface area contributed by atoms with Crippen molar-refractivity contribution in [2.75, 3.05) is 26.2 Å². The minimum Gasteiger partial charge on any atom is -0.490 e. The summed E-state index contributed by atoms with van der Waals surface area (Å²) < 4.78 is 20.2. The number of carbonyl (C=O) groups is 1.